The predicted molar refractivity (Wildman–Crippen MR) is 70.6 cm³/mol. The maximum Gasteiger partial charge on any atom is 0.265 e. The monoisotopic (exact) mass is 274 g/mol. The van der Waals surface area contributed by atoms with Gasteiger partial charge in [-0.2, -0.15) is 5.26 Å². The van der Waals surface area contributed by atoms with E-state index < -0.39 is 10.0 Å². The number of hydrogen-bond donors (Lipinski definition) is 2. The molecule has 0 unspecified atom stereocenters. The van der Waals surface area contributed by atoms with E-state index in [0.29, 0.717) is 11.3 Å². The number of anilines is 2. The molecule has 0 amide bonds. The summed E-state index contributed by atoms with van der Waals surface area (Å²) in [7, 11) is -3.82. The van der Waals surface area contributed by atoms with Crippen LogP contribution in [0.25, 0.3) is 0 Å². The molecule has 0 radical (unpaired) electrons. The lowest BCUT2D eigenvalue weighted by molar-refractivity contribution is 0.601. The van der Waals surface area contributed by atoms with Gasteiger partial charge in [0.2, 0.25) is 0 Å². The van der Waals surface area contributed by atoms with Crippen LogP contribution in [0, 0.1) is 11.3 Å². The zero-order chi connectivity index (χ0) is 13.9. The van der Waals surface area contributed by atoms with E-state index in [0.717, 1.165) is 0 Å². The van der Waals surface area contributed by atoms with Crippen LogP contribution in [0.1, 0.15) is 5.56 Å². The van der Waals surface area contributed by atoms with Crippen LogP contribution in [-0.4, -0.2) is 13.4 Å². The lowest BCUT2D eigenvalue weighted by Crippen LogP contribution is -2.15. The largest absolute Gasteiger partial charge is 0.383 e. The highest BCUT2D eigenvalue weighted by atomic mass is 32.2. The van der Waals surface area contributed by atoms with Crippen molar-refractivity contribution >= 4 is 21.5 Å². The number of sulfonamides is 1. The van der Waals surface area contributed by atoms with E-state index >= 15 is 0 Å². The number of pyridine rings is 1. The summed E-state index contributed by atoms with van der Waals surface area (Å²) >= 11 is 0. The van der Waals surface area contributed by atoms with Crippen LogP contribution in [0.4, 0.5) is 11.5 Å². The highest BCUT2D eigenvalue weighted by Gasteiger charge is 2.17. The topological polar surface area (TPSA) is 109 Å². The summed E-state index contributed by atoms with van der Waals surface area (Å²) in [4.78, 5) is 3.63. The van der Waals surface area contributed by atoms with Crippen molar-refractivity contribution in [3.63, 3.8) is 0 Å². The van der Waals surface area contributed by atoms with E-state index in [1.807, 2.05) is 6.07 Å². The maximum absolute atomic E-state index is 12.1. The van der Waals surface area contributed by atoms with E-state index in [1.54, 1.807) is 18.2 Å². The van der Waals surface area contributed by atoms with Crippen molar-refractivity contribution < 1.29 is 8.42 Å². The average Bonchev–Trinajstić information content (AvgIpc) is 2.38. The second-order valence-corrected chi connectivity index (χ2v) is 5.34. The Morgan fingerprint density at radius 2 is 2.05 bits per heavy atom. The van der Waals surface area contributed by atoms with Gasteiger partial charge in [0.15, 0.2) is 0 Å². The SMILES string of the molecule is N#Cc1cccc(NS(=O)(=O)c2cccnc2N)c1. The lowest BCUT2D eigenvalue weighted by Gasteiger charge is -2.09. The Kier molecular flexibility index (Phi) is 3.35. The third-order valence-corrected chi connectivity index (χ3v) is 3.76. The summed E-state index contributed by atoms with van der Waals surface area (Å²) in [6.07, 6.45) is 1.41. The van der Waals surface area contributed by atoms with Gasteiger partial charge < -0.3 is 5.73 Å². The van der Waals surface area contributed by atoms with Gasteiger partial charge >= 0.3 is 0 Å². The molecule has 96 valence electrons. The Hall–Kier alpha value is -2.59. The van der Waals surface area contributed by atoms with Gasteiger partial charge in [0.1, 0.15) is 10.7 Å². The molecule has 19 heavy (non-hydrogen) atoms. The van der Waals surface area contributed by atoms with Crippen LogP contribution >= 0.6 is 0 Å². The zero-order valence-corrected chi connectivity index (χ0v) is 10.6. The van der Waals surface area contributed by atoms with E-state index in [2.05, 4.69) is 9.71 Å². The van der Waals surface area contributed by atoms with Crippen LogP contribution in [0.3, 0.4) is 0 Å². The van der Waals surface area contributed by atoms with Crippen LogP contribution in [0.5, 0.6) is 0 Å². The second-order valence-electron chi connectivity index (χ2n) is 3.68. The number of nitrogens with zero attached hydrogens (tertiary/aromatic N) is 2. The van der Waals surface area contributed by atoms with Crippen molar-refractivity contribution in [1.29, 1.82) is 5.26 Å². The first kappa shape index (κ1) is 12.9. The molecule has 0 atom stereocenters. The van der Waals surface area contributed by atoms with E-state index in [9.17, 15) is 8.42 Å². The standard InChI is InChI=1S/C12H10N4O2S/c13-8-9-3-1-4-10(7-9)16-19(17,18)11-5-2-6-15-12(11)14/h1-7,16H,(H2,14,15). The number of aromatic nitrogens is 1. The molecular weight excluding hydrogens is 264 g/mol. The number of nitriles is 1. The highest BCUT2D eigenvalue weighted by molar-refractivity contribution is 7.92. The normalized spacial score (nSPS) is 10.7. The van der Waals surface area contributed by atoms with E-state index in [1.165, 1.54) is 24.4 Å². The minimum atomic E-state index is -3.82. The molecule has 0 aliphatic carbocycles. The fourth-order valence-electron chi connectivity index (χ4n) is 1.49. The molecule has 6 nitrogen and oxygen atoms in total. The van der Waals surface area contributed by atoms with Crippen LogP contribution < -0.4 is 10.5 Å². The number of hydrogen-bond acceptors (Lipinski definition) is 5. The van der Waals surface area contributed by atoms with Crippen molar-refractivity contribution in [2.75, 3.05) is 10.5 Å². The molecule has 0 bridgehead atoms. The summed E-state index contributed by atoms with van der Waals surface area (Å²) in [5.41, 5.74) is 6.19. The highest BCUT2D eigenvalue weighted by Crippen LogP contribution is 2.19. The van der Waals surface area contributed by atoms with Gasteiger partial charge in [-0.3, -0.25) is 4.72 Å². The smallest absolute Gasteiger partial charge is 0.265 e. The molecule has 1 heterocycles. The molecule has 7 heteroatoms. The Morgan fingerprint density at radius 3 is 2.74 bits per heavy atom. The molecule has 0 fully saturated rings. The zero-order valence-electron chi connectivity index (χ0n) is 9.74. The molecule has 0 aliphatic heterocycles. The fraction of sp³-hybridized carbons (Fsp3) is 0. The number of rotatable bonds is 3. The van der Waals surface area contributed by atoms with Crippen LogP contribution in [0.15, 0.2) is 47.5 Å². The van der Waals surface area contributed by atoms with Crippen LogP contribution in [0.2, 0.25) is 0 Å². The first-order chi connectivity index (χ1) is 9.03. The molecule has 0 saturated carbocycles. The first-order valence-electron chi connectivity index (χ1n) is 5.26. The molecule has 0 spiro atoms. The van der Waals surface area contributed by atoms with Gasteiger partial charge in [0.05, 0.1) is 17.3 Å². The number of benzene rings is 1. The van der Waals surface area contributed by atoms with Gasteiger partial charge in [-0.25, -0.2) is 13.4 Å². The fourth-order valence-corrected chi connectivity index (χ4v) is 2.63. The number of nitrogens with two attached hydrogens (primary N) is 1. The first-order valence-corrected chi connectivity index (χ1v) is 6.75. The van der Waals surface area contributed by atoms with Crippen LogP contribution in [-0.2, 0) is 10.0 Å². The summed E-state index contributed by atoms with van der Waals surface area (Å²) in [6.45, 7) is 0. The van der Waals surface area contributed by atoms with Crippen molar-refractivity contribution in [3.8, 4) is 6.07 Å². The Balaban J connectivity index is 2.37. The molecule has 1 aromatic carbocycles. The number of nitrogen functional groups attached to an aromatic ring is 1. The minimum Gasteiger partial charge on any atom is -0.383 e. The summed E-state index contributed by atoms with van der Waals surface area (Å²) in [5.74, 6) is -0.0774. The van der Waals surface area contributed by atoms with Gasteiger partial charge in [-0.05, 0) is 30.3 Å². The maximum atomic E-state index is 12.1. The summed E-state index contributed by atoms with van der Waals surface area (Å²) < 4.78 is 26.6. The summed E-state index contributed by atoms with van der Waals surface area (Å²) in [5, 5.41) is 8.76. The van der Waals surface area contributed by atoms with Crippen molar-refractivity contribution in [1.82, 2.24) is 4.98 Å². The molecule has 1 aromatic heterocycles. The number of nitrogens with one attached hydrogen (secondary N) is 1. The lowest BCUT2D eigenvalue weighted by atomic mass is 10.2. The van der Waals surface area contributed by atoms with Crippen molar-refractivity contribution in [3.05, 3.63) is 48.2 Å². The van der Waals surface area contributed by atoms with Crippen molar-refractivity contribution in [2.24, 2.45) is 0 Å². The Bertz CT molecular complexity index is 750. The van der Waals surface area contributed by atoms with Crippen molar-refractivity contribution in [2.45, 2.75) is 4.90 Å². The molecule has 0 saturated heterocycles. The third-order valence-electron chi connectivity index (χ3n) is 2.33. The molecular formula is C12H10N4O2S. The summed E-state index contributed by atoms with van der Waals surface area (Å²) in [6, 6.07) is 10.9. The second kappa shape index (κ2) is 4.96. The predicted octanol–water partition coefficient (Wildman–Crippen LogP) is 1.34. The van der Waals surface area contributed by atoms with Gasteiger partial charge in [-0.15, -0.1) is 0 Å². The van der Waals surface area contributed by atoms with Gasteiger partial charge in [0.25, 0.3) is 10.0 Å². The molecule has 2 aromatic rings. The molecule has 0 aliphatic rings. The third kappa shape index (κ3) is 2.81. The quantitative estimate of drug-likeness (QED) is 0.877. The van der Waals surface area contributed by atoms with E-state index in [4.69, 9.17) is 11.0 Å². The Morgan fingerprint density at radius 1 is 1.26 bits per heavy atom. The average molecular weight is 274 g/mol. The van der Waals surface area contributed by atoms with Gasteiger partial charge in [-0.1, -0.05) is 6.07 Å². The van der Waals surface area contributed by atoms with E-state index in [-0.39, 0.29) is 10.7 Å². The minimum absolute atomic E-state index is 0.0774. The molecule has 2 rings (SSSR count). The Labute approximate surface area is 110 Å². The molecule has 3 N–H and O–H groups in total. The van der Waals surface area contributed by atoms with Gasteiger partial charge in [0, 0.05) is 6.20 Å².